The summed E-state index contributed by atoms with van der Waals surface area (Å²) in [7, 11) is -2.28. The van der Waals surface area contributed by atoms with E-state index in [0.29, 0.717) is 24.8 Å². The molecule has 0 radical (unpaired) electrons. The van der Waals surface area contributed by atoms with Gasteiger partial charge in [-0.3, -0.25) is 9.59 Å². The molecule has 0 amide bonds. The van der Waals surface area contributed by atoms with Gasteiger partial charge in [-0.1, -0.05) is 18.6 Å². The lowest BCUT2D eigenvalue weighted by Crippen LogP contribution is -2.25. The van der Waals surface area contributed by atoms with Gasteiger partial charge in [-0.25, -0.2) is 13.1 Å². The molecule has 0 heterocycles. The number of sulfonamides is 1. The first-order valence-electron chi connectivity index (χ1n) is 7.04. The van der Waals surface area contributed by atoms with E-state index in [1.54, 1.807) is 12.1 Å². The van der Waals surface area contributed by atoms with Crippen molar-refractivity contribution in [3.63, 3.8) is 0 Å². The Morgan fingerprint density at radius 2 is 1.91 bits per heavy atom. The highest BCUT2D eigenvalue weighted by atomic mass is 32.2. The summed E-state index contributed by atoms with van der Waals surface area (Å²) in [6.45, 7) is 1.67. The third kappa shape index (κ3) is 5.95. The van der Waals surface area contributed by atoms with Crippen molar-refractivity contribution >= 4 is 21.8 Å². The third-order valence-corrected chi connectivity index (χ3v) is 4.59. The molecule has 0 saturated heterocycles. The summed E-state index contributed by atoms with van der Waals surface area (Å²) in [6, 6.07) is 5.93. The van der Waals surface area contributed by atoms with Crippen LogP contribution in [0.4, 0.5) is 0 Å². The molecule has 7 heteroatoms. The van der Waals surface area contributed by atoms with Crippen molar-refractivity contribution in [3.8, 4) is 0 Å². The Morgan fingerprint density at radius 3 is 2.55 bits per heavy atom. The number of Topliss-reactive ketones (excluding diaryl/α,β-unsaturated/α-hetero) is 1. The number of benzene rings is 1. The van der Waals surface area contributed by atoms with E-state index in [-0.39, 0.29) is 23.2 Å². The summed E-state index contributed by atoms with van der Waals surface area (Å²) in [4.78, 5) is 22.3. The lowest BCUT2D eigenvalue weighted by molar-refractivity contribution is -0.140. The van der Waals surface area contributed by atoms with E-state index in [1.807, 2.05) is 0 Å². The fourth-order valence-electron chi connectivity index (χ4n) is 1.85. The Kier molecular flexibility index (Phi) is 7.20. The molecule has 1 N–H and O–H groups in total. The van der Waals surface area contributed by atoms with Crippen LogP contribution in [0.5, 0.6) is 0 Å². The first kappa shape index (κ1) is 18.3. The molecular formula is C15H21NO5S. The minimum absolute atomic E-state index is 0.0785. The number of nitrogens with one attached hydrogen (secondary N) is 1. The second-order valence-electron chi connectivity index (χ2n) is 4.87. The van der Waals surface area contributed by atoms with Gasteiger partial charge >= 0.3 is 5.97 Å². The van der Waals surface area contributed by atoms with E-state index in [4.69, 9.17) is 0 Å². The predicted octanol–water partition coefficient (Wildman–Crippen LogP) is 1.90. The molecule has 0 unspecified atom stereocenters. The van der Waals surface area contributed by atoms with Crippen molar-refractivity contribution in [2.75, 3.05) is 13.7 Å². The average Bonchev–Trinajstić information content (AvgIpc) is 2.50. The van der Waals surface area contributed by atoms with E-state index in [9.17, 15) is 18.0 Å². The first-order chi connectivity index (χ1) is 10.4. The summed E-state index contributed by atoms with van der Waals surface area (Å²) in [6.07, 6.45) is 2.35. The van der Waals surface area contributed by atoms with Crippen LogP contribution < -0.4 is 4.72 Å². The average molecular weight is 327 g/mol. The lowest BCUT2D eigenvalue weighted by Gasteiger charge is -2.07. The topological polar surface area (TPSA) is 89.5 Å². The Morgan fingerprint density at radius 1 is 1.18 bits per heavy atom. The molecule has 1 aromatic carbocycles. The molecule has 122 valence electrons. The fourth-order valence-corrected chi connectivity index (χ4v) is 2.96. The zero-order valence-electron chi connectivity index (χ0n) is 12.8. The van der Waals surface area contributed by atoms with Gasteiger partial charge in [0.2, 0.25) is 10.0 Å². The molecule has 1 rings (SSSR count). The van der Waals surface area contributed by atoms with Crippen LogP contribution in [0.25, 0.3) is 0 Å². The first-order valence-corrected chi connectivity index (χ1v) is 8.52. The summed E-state index contributed by atoms with van der Waals surface area (Å²) in [5.41, 5.74) is 0.362. The number of methoxy groups -OCH3 is 1. The van der Waals surface area contributed by atoms with Crippen LogP contribution in [0, 0.1) is 0 Å². The Bertz CT molecular complexity index is 625. The highest BCUT2D eigenvalue weighted by molar-refractivity contribution is 7.89. The molecule has 0 atom stereocenters. The summed E-state index contributed by atoms with van der Waals surface area (Å²) < 4.78 is 31.2. The molecule has 0 aliphatic heterocycles. The van der Waals surface area contributed by atoms with Crippen LogP contribution in [0.3, 0.4) is 0 Å². The molecule has 0 bridgehead atoms. The number of ether oxygens (including phenoxy) is 1. The summed E-state index contributed by atoms with van der Waals surface area (Å²) in [5.74, 6) is -0.443. The molecule has 0 spiro atoms. The van der Waals surface area contributed by atoms with Crippen molar-refractivity contribution in [1.29, 1.82) is 0 Å². The van der Waals surface area contributed by atoms with Crippen LogP contribution in [-0.2, 0) is 19.6 Å². The molecule has 0 saturated carbocycles. The van der Waals surface area contributed by atoms with Gasteiger partial charge in [0.25, 0.3) is 0 Å². The number of esters is 1. The zero-order valence-corrected chi connectivity index (χ0v) is 13.6. The van der Waals surface area contributed by atoms with Gasteiger partial charge < -0.3 is 4.74 Å². The number of unbranched alkanes of at least 4 members (excludes halogenated alkanes) is 2. The predicted molar refractivity (Wildman–Crippen MR) is 82.1 cm³/mol. The van der Waals surface area contributed by atoms with Crippen LogP contribution in [0.1, 0.15) is 43.0 Å². The van der Waals surface area contributed by atoms with E-state index < -0.39 is 10.0 Å². The quantitative estimate of drug-likeness (QED) is 0.425. The minimum Gasteiger partial charge on any atom is -0.469 e. The molecular weight excluding hydrogens is 306 g/mol. The monoisotopic (exact) mass is 327 g/mol. The van der Waals surface area contributed by atoms with Crippen molar-refractivity contribution in [1.82, 2.24) is 4.72 Å². The highest BCUT2D eigenvalue weighted by Crippen LogP contribution is 2.12. The maximum atomic E-state index is 12.1. The van der Waals surface area contributed by atoms with Crippen molar-refractivity contribution in [2.24, 2.45) is 0 Å². The molecule has 0 aliphatic carbocycles. The van der Waals surface area contributed by atoms with Crippen LogP contribution in [0.15, 0.2) is 29.2 Å². The fraction of sp³-hybridized carbons (Fsp3) is 0.467. The van der Waals surface area contributed by atoms with Crippen LogP contribution in [0.2, 0.25) is 0 Å². The Hall–Kier alpha value is -1.73. The number of carbonyl (C=O) groups excluding carboxylic acids is 2. The Balaban J connectivity index is 2.46. The highest BCUT2D eigenvalue weighted by Gasteiger charge is 2.14. The third-order valence-electron chi connectivity index (χ3n) is 3.13. The molecule has 0 aromatic heterocycles. The zero-order chi connectivity index (χ0) is 16.6. The smallest absolute Gasteiger partial charge is 0.305 e. The number of ketones is 1. The van der Waals surface area contributed by atoms with Crippen molar-refractivity contribution in [3.05, 3.63) is 29.8 Å². The van der Waals surface area contributed by atoms with Crippen LogP contribution in [-0.4, -0.2) is 33.8 Å². The van der Waals surface area contributed by atoms with Crippen molar-refractivity contribution in [2.45, 2.75) is 37.5 Å². The SMILES string of the molecule is COC(=O)CCCCCNS(=O)(=O)c1cccc(C(C)=O)c1. The van der Waals surface area contributed by atoms with E-state index in [2.05, 4.69) is 9.46 Å². The van der Waals surface area contributed by atoms with Gasteiger partial charge in [0, 0.05) is 18.5 Å². The van der Waals surface area contributed by atoms with E-state index >= 15 is 0 Å². The molecule has 1 aromatic rings. The minimum atomic E-state index is -3.62. The summed E-state index contributed by atoms with van der Waals surface area (Å²) >= 11 is 0. The molecule has 0 aliphatic rings. The largest absolute Gasteiger partial charge is 0.469 e. The second-order valence-corrected chi connectivity index (χ2v) is 6.64. The van der Waals surface area contributed by atoms with Gasteiger partial charge in [0.05, 0.1) is 12.0 Å². The second kappa shape index (κ2) is 8.65. The normalized spacial score (nSPS) is 11.2. The van der Waals surface area contributed by atoms with E-state index in [1.165, 1.54) is 26.2 Å². The number of hydrogen-bond donors (Lipinski definition) is 1. The number of rotatable bonds is 9. The van der Waals surface area contributed by atoms with Crippen molar-refractivity contribution < 1.29 is 22.7 Å². The van der Waals surface area contributed by atoms with Gasteiger partial charge in [-0.05, 0) is 31.9 Å². The van der Waals surface area contributed by atoms with Gasteiger partial charge in [0.15, 0.2) is 5.78 Å². The number of carbonyl (C=O) groups is 2. The molecule has 22 heavy (non-hydrogen) atoms. The van der Waals surface area contributed by atoms with Gasteiger partial charge in [-0.2, -0.15) is 0 Å². The van der Waals surface area contributed by atoms with Gasteiger partial charge in [0.1, 0.15) is 0 Å². The van der Waals surface area contributed by atoms with E-state index in [0.717, 1.165) is 6.42 Å². The summed E-state index contributed by atoms with van der Waals surface area (Å²) in [5, 5.41) is 0. The maximum Gasteiger partial charge on any atom is 0.305 e. The number of hydrogen-bond acceptors (Lipinski definition) is 5. The van der Waals surface area contributed by atoms with Gasteiger partial charge in [-0.15, -0.1) is 0 Å². The molecule has 6 nitrogen and oxygen atoms in total. The Labute approximate surface area is 130 Å². The molecule has 0 fully saturated rings. The lowest BCUT2D eigenvalue weighted by atomic mass is 10.2. The van der Waals surface area contributed by atoms with Crippen LogP contribution >= 0.6 is 0 Å². The standard InChI is InChI=1S/C15H21NO5S/c1-12(17)13-7-6-8-14(11-13)22(19,20)16-10-5-3-4-9-15(18)21-2/h6-8,11,16H,3-5,9-10H2,1-2H3. The maximum absolute atomic E-state index is 12.1.